The van der Waals surface area contributed by atoms with Crippen molar-refractivity contribution in [3.63, 3.8) is 0 Å². The summed E-state index contributed by atoms with van der Waals surface area (Å²) >= 11 is 0. The van der Waals surface area contributed by atoms with Crippen LogP contribution in [0.15, 0.2) is 79.4 Å². The van der Waals surface area contributed by atoms with Crippen molar-refractivity contribution in [2.45, 2.75) is 0 Å². The maximum absolute atomic E-state index is 12.5. The van der Waals surface area contributed by atoms with Gasteiger partial charge in [0.25, 0.3) is 11.8 Å². The van der Waals surface area contributed by atoms with E-state index in [1.807, 2.05) is 30.3 Å². The molecule has 9 heteroatoms. The van der Waals surface area contributed by atoms with E-state index < -0.39 is 11.8 Å². The van der Waals surface area contributed by atoms with Gasteiger partial charge in [0.1, 0.15) is 0 Å². The van der Waals surface area contributed by atoms with Crippen LogP contribution in [0.2, 0.25) is 0 Å². The van der Waals surface area contributed by atoms with Crippen molar-refractivity contribution in [2.75, 3.05) is 10.6 Å². The molecule has 0 unspecified atom stereocenters. The summed E-state index contributed by atoms with van der Waals surface area (Å²) in [4.78, 5) is 45.6. The van der Waals surface area contributed by atoms with E-state index >= 15 is 0 Å². The average molecular weight is 397 g/mol. The van der Waals surface area contributed by atoms with Crippen LogP contribution in [0.1, 0.15) is 20.7 Å². The van der Waals surface area contributed by atoms with Gasteiger partial charge >= 0.3 is 0 Å². The van der Waals surface area contributed by atoms with Gasteiger partial charge in [0, 0.05) is 30.4 Å². The number of pyridine rings is 2. The molecule has 0 fully saturated rings. The van der Waals surface area contributed by atoms with Gasteiger partial charge in [0.05, 0.1) is 11.1 Å². The maximum atomic E-state index is 12.5. The number of hydrogen-bond acceptors (Lipinski definition) is 7. The molecule has 4 rings (SSSR count). The van der Waals surface area contributed by atoms with Gasteiger partial charge in [-0.25, -0.2) is 0 Å². The molecule has 0 saturated heterocycles. The highest BCUT2D eigenvalue weighted by Gasteiger charge is 2.15. The second-order valence-corrected chi connectivity index (χ2v) is 6.06. The van der Waals surface area contributed by atoms with Gasteiger partial charge in [-0.3, -0.25) is 30.2 Å². The molecule has 3 heterocycles. The van der Waals surface area contributed by atoms with Crippen molar-refractivity contribution in [2.24, 2.45) is 0 Å². The third kappa shape index (κ3) is 4.47. The van der Waals surface area contributed by atoms with Crippen molar-refractivity contribution < 1.29 is 9.59 Å². The van der Waals surface area contributed by atoms with Crippen LogP contribution in [0, 0.1) is 0 Å². The van der Waals surface area contributed by atoms with Gasteiger partial charge in [0.2, 0.25) is 11.9 Å². The van der Waals surface area contributed by atoms with E-state index in [1.54, 1.807) is 36.7 Å². The number of nitrogens with zero attached hydrogens (tertiary/aromatic N) is 5. The Morgan fingerprint density at radius 1 is 0.633 bits per heavy atom. The SMILES string of the molecule is O=C(Nc1nc(NC(=O)c2cccnc2)nc(-c2ccccc2)n1)c1cccnc1. The molecule has 9 nitrogen and oxygen atoms in total. The topological polar surface area (TPSA) is 123 Å². The number of carbonyl (C=O) groups is 2. The summed E-state index contributed by atoms with van der Waals surface area (Å²) in [6.45, 7) is 0. The molecule has 3 aromatic heterocycles. The molecule has 0 spiro atoms. The molecule has 0 aliphatic rings. The zero-order valence-corrected chi connectivity index (χ0v) is 15.6. The molecule has 0 radical (unpaired) electrons. The van der Waals surface area contributed by atoms with E-state index in [1.165, 1.54) is 12.4 Å². The first-order valence-electron chi connectivity index (χ1n) is 8.93. The quantitative estimate of drug-likeness (QED) is 0.531. The van der Waals surface area contributed by atoms with E-state index in [0.29, 0.717) is 22.5 Å². The van der Waals surface area contributed by atoms with Crippen LogP contribution in [-0.4, -0.2) is 36.7 Å². The van der Waals surface area contributed by atoms with Gasteiger partial charge < -0.3 is 0 Å². The number of rotatable bonds is 5. The zero-order valence-electron chi connectivity index (χ0n) is 15.6. The molecule has 2 N–H and O–H groups in total. The number of benzene rings is 1. The molecular formula is C21H15N7O2. The Bertz CT molecular complexity index is 1100. The number of hydrogen-bond donors (Lipinski definition) is 2. The lowest BCUT2D eigenvalue weighted by Crippen LogP contribution is -2.19. The highest BCUT2D eigenvalue weighted by molar-refractivity contribution is 6.04. The molecule has 30 heavy (non-hydrogen) atoms. The molecular weight excluding hydrogens is 382 g/mol. The Balaban J connectivity index is 1.66. The molecule has 2 amide bonds. The Hall–Kier alpha value is -4.53. The molecule has 0 saturated carbocycles. The van der Waals surface area contributed by atoms with Crippen molar-refractivity contribution >= 4 is 23.7 Å². The summed E-state index contributed by atoms with van der Waals surface area (Å²) in [6, 6.07) is 15.7. The first kappa shape index (κ1) is 18.8. The van der Waals surface area contributed by atoms with Crippen LogP contribution in [0.3, 0.4) is 0 Å². The van der Waals surface area contributed by atoms with E-state index in [0.717, 1.165) is 0 Å². The monoisotopic (exact) mass is 397 g/mol. The standard InChI is InChI=1S/C21H15N7O2/c29-18(15-8-4-10-22-12-15)26-20-24-17(14-6-2-1-3-7-14)25-21(28-20)27-19(30)16-9-5-11-23-13-16/h1-13H,(H2,24,25,26,27,28,29,30). The average Bonchev–Trinajstić information content (AvgIpc) is 2.80. The van der Waals surface area contributed by atoms with E-state index in [2.05, 4.69) is 35.6 Å². The first-order valence-corrected chi connectivity index (χ1v) is 8.93. The number of carbonyl (C=O) groups excluding carboxylic acids is 2. The Morgan fingerprint density at radius 3 is 1.63 bits per heavy atom. The zero-order chi connectivity index (χ0) is 20.8. The predicted molar refractivity (Wildman–Crippen MR) is 110 cm³/mol. The summed E-state index contributed by atoms with van der Waals surface area (Å²) in [5.41, 5.74) is 1.40. The van der Waals surface area contributed by atoms with Crippen LogP contribution in [0.25, 0.3) is 11.4 Å². The van der Waals surface area contributed by atoms with Gasteiger partial charge in [0.15, 0.2) is 5.82 Å². The summed E-state index contributed by atoms with van der Waals surface area (Å²) in [5, 5.41) is 5.23. The van der Waals surface area contributed by atoms with Crippen LogP contribution in [-0.2, 0) is 0 Å². The molecule has 146 valence electrons. The Kier molecular flexibility index (Phi) is 5.43. The smallest absolute Gasteiger partial charge is 0.259 e. The Morgan fingerprint density at radius 2 is 1.17 bits per heavy atom. The second-order valence-electron chi connectivity index (χ2n) is 6.06. The molecule has 0 aliphatic carbocycles. The van der Waals surface area contributed by atoms with E-state index in [-0.39, 0.29) is 11.9 Å². The summed E-state index contributed by atoms with van der Waals surface area (Å²) < 4.78 is 0. The normalized spacial score (nSPS) is 10.3. The molecule has 0 bridgehead atoms. The molecule has 0 aliphatic heterocycles. The maximum Gasteiger partial charge on any atom is 0.259 e. The molecule has 1 aromatic carbocycles. The van der Waals surface area contributed by atoms with Crippen molar-refractivity contribution in [1.82, 2.24) is 24.9 Å². The van der Waals surface area contributed by atoms with Crippen LogP contribution in [0.5, 0.6) is 0 Å². The lowest BCUT2D eigenvalue weighted by atomic mass is 10.2. The molecule has 0 atom stereocenters. The van der Waals surface area contributed by atoms with Crippen LogP contribution < -0.4 is 10.6 Å². The third-order valence-corrected chi connectivity index (χ3v) is 3.97. The highest BCUT2D eigenvalue weighted by atomic mass is 16.2. The lowest BCUT2D eigenvalue weighted by molar-refractivity contribution is 0.101. The van der Waals surface area contributed by atoms with Gasteiger partial charge in [-0.05, 0) is 24.3 Å². The summed E-state index contributed by atoms with van der Waals surface area (Å²) in [5.74, 6) is -0.567. The Labute approximate surface area is 171 Å². The summed E-state index contributed by atoms with van der Waals surface area (Å²) in [7, 11) is 0. The minimum absolute atomic E-state index is 0.000747. The minimum atomic E-state index is -0.433. The minimum Gasteiger partial charge on any atom is -0.290 e. The van der Waals surface area contributed by atoms with Gasteiger partial charge in [-0.15, -0.1) is 0 Å². The number of aromatic nitrogens is 5. The van der Waals surface area contributed by atoms with Crippen molar-refractivity contribution in [1.29, 1.82) is 0 Å². The fourth-order valence-electron chi connectivity index (χ4n) is 2.55. The fourth-order valence-corrected chi connectivity index (χ4v) is 2.55. The van der Waals surface area contributed by atoms with Gasteiger partial charge in [-0.1, -0.05) is 30.3 Å². The third-order valence-electron chi connectivity index (χ3n) is 3.97. The highest BCUT2D eigenvalue weighted by Crippen LogP contribution is 2.18. The lowest BCUT2D eigenvalue weighted by Gasteiger charge is -2.09. The van der Waals surface area contributed by atoms with Crippen molar-refractivity contribution in [3.05, 3.63) is 90.5 Å². The summed E-state index contributed by atoms with van der Waals surface area (Å²) in [6.07, 6.45) is 6.00. The first-order chi connectivity index (χ1) is 14.7. The number of nitrogens with one attached hydrogen (secondary N) is 2. The van der Waals surface area contributed by atoms with E-state index in [4.69, 9.17) is 0 Å². The van der Waals surface area contributed by atoms with Crippen LogP contribution in [0.4, 0.5) is 11.9 Å². The van der Waals surface area contributed by atoms with Crippen molar-refractivity contribution in [3.8, 4) is 11.4 Å². The number of amides is 2. The van der Waals surface area contributed by atoms with E-state index in [9.17, 15) is 9.59 Å². The second kappa shape index (κ2) is 8.65. The van der Waals surface area contributed by atoms with Gasteiger partial charge in [-0.2, -0.15) is 15.0 Å². The van der Waals surface area contributed by atoms with Crippen LogP contribution >= 0.6 is 0 Å². The number of anilines is 2. The largest absolute Gasteiger partial charge is 0.290 e. The fraction of sp³-hybridized carbons (Fsp3) is 0. The molecule has 4 aromatic rings. The predicted octanol–water partition coefficient (Wildman–Crippen LogP) is 2.83.